The molecule has 11 nitrogen and oxygen atoms in total. The summed E-state index contributed by atoms with van der Waals surface area (Å²) < 4.78 is 6.98. The Morgan fingerprint density at radius 1 is 1.27 bits per heavy atom. The van der Waals surface area contributed by atoms with Gasteiger partial charge >= 0.3 is 5.97 Å². The first-order valence-electron chi connectivity index (χ1n) is 11.1. The lowest BCUT2D eigenvalue weighted by atomic mass is 9.75. The number of anilines is 1. The summed E-state index contributed by atoms with van der Waals surface area (Å²) in [6.07, 6.45) is 4.61. The highest BCUT2D eigenvalue weighted by molar-refractivity contribution is 6.00. The average Bonchev–Trinajstić information content (AvgIpc) is 3.34. The number of nitrogens with two attached hydrogens (primary N) is 2. The Kier molecular flexibility index (Phi) is 5.91. The lowest BCUT2D eigenvalue weighted by Gasteiger charge is -2.29. The van der Waals surface area contributed by atoms with Gasteiger partial charge in [0.05, 0.1) is 23.1 Å². The second-order valence-corrected chi connectivity index (χ2v) is 9.51. The van der Waals surface area contributed by atoms with E-state index in [-0.39, 0.29) is 34.6 Å². The van der Waals surface area contributed by atoms with Crippen molar-refractivity contribution in [1.29, 1.82) is 0 Å². The zero-order chi connectivity index (χ0) is 23.9. The number of aromatic nitrogens is 4. The first-order chi connectivity index (χ1) is 15.6. The summed E-state index contributed by atoms with van der Waals surface area (Å²) in [5, 5.41) is 7.21. The van der Waals surface area contributed by atoms with E-state index in [0.717, 1.165) is 31.4 Å². The molecular weight excluding hydrogens is 426 g/mol. The van der Waals surface area contributed by atoms with Gasteiger partial charge in [0.2, 0.25) is 0 Å². The number of aryl methyl sites for hydroxylation is 1. The van der Waals surface area contributed by atoms with Gasteiger partial charge in [-0.05, 0) is 44.4 Å². The molecule has 176 valence electrons. The van der Waals surface area contributed by atoms with Crippen molar-refractivity contribution in [3.05, 3.63) is 28.8 Å². The number of nitrogens with zero attached hydrogens (tertiary/aromatic N) is 4. The van der Waals surface area contributed by atoms with Crippen LogP contribution in [0.25, 0.3) is 5.82 Å². The smallest absolute Gasteiger partial charge is 0.343 e. The molecule has 0 aromatic carbocycles. The van der Waals surface area contributed by atoms with Gasteiger partial charge in [-0.1, -0.05) is 13.8 Å². The van der Waals surface area contributed by atoms with Crippen molar-refractivity contribution in [3.63, 3.8) is 0 Å². The molecule has 1 amide bonds. The van der Waals surface area contributed by atoms with E-state index in [9.17, 15) is 14.4 Å². The van der Waals surface area contributed by atoms with Crippen LogP contribution in [0.4, 0.5) is 5.82 Å². The maximum Gasteiger partial charge on any atom is 0.343 e. The average molecular weight is 456 g/mol. The van der Waals surface area contributed by atoms with Gasteiger partial charge in [-0.2, -0.15) is 5.10 Å². The first kappa shape index (κ1) is 22.8. The molecule has 11 heteroatoms. The quantitative estimate of drug-likeness (QED) is 0.430. The van der Waals surface area contributed by atoms with Crippen molar-refractivity contribution < 1.29 is 19.1 Å². The normalized spacial score (nSPS) is 18.6. The zero-order valence-electron chi connectivity index (χ0n) is 19.1. The van der Waals surface area contributed by atoms with Gasteiger partial charge in [0, 0.05) is 6.42 Å². The Balaban J connectivity index is 1.66. The van der Waals surface area contributed by atoms with Crippen LogP contribution in [0.1, 0.15) is 78.2 Å². The molecule has 0 radical (unpaired) electrons. The van der Waals surface area contributed by atoms with Gasteiger partial charge in [0.25, 0.3) is 5.91 Å². The zero-order valence-corrected chi connectivity index (χ0v) is 19.1. The molecule has 0 saturated heterocycles. The fourth-order valence-electron chi connectivity index (χ4n) is 4.54. The van der Waals surface area contributed by atoms with E-state index in [1.807, 2.05) is 13.8 Å². The van der Waals surface area contributed by atoms with Crippen LogP contribution in [0.3, 0.4) is 0 Å². The minimum atomic E-state index is -1.26. The van der Waals surface area contributed by atoms with Crippen LogP contribution in [0.2, 0.25) is 0 Å². The molecule has 1 saturated carbocycles. The van der Waals surface area contributed by atoms with Gasteiger partial charge in [-0.15, -0.1) is 0 Å². The third-order valence-electron chi connectivity index (χ3n) is 6.06. The minimum absolute atomic E-state index is 0.0294. The van der Waals surface area contributed by atoms with Gasteiger partial charge in [0.15, 0.2) is 29.3 Å². The predicted octanol–water partition coefficient (Wildman–Crippen LogP) is 1.41. The number of rotatable bonds is 6. The number of primary amides is 1. The highest BCUT2D eigenvalue weighted by Crippen LogP contribution is 2.36. The van der Waals surface area contributed by atoms with Crippen LogP contribution in [-0.4, -0.2) is 49.7 Å². The van der Waals surface area contributed by atoms with Crippen LogP contribution >= 0.6 is 0 Å². The van der Waals surface area contributed by atoms with Crippen LogP contribution in [0.15, 0.2) is 6.20 Å². The number of hydrogen-bond acceptors (Lipinski definition) is 9. The number of esters is 1. The van der Waals surface area contributed by atoms with E-state index in [4.69, 9.17) is 16.2 Å². The largest absolute Gasteiger partial charge is 0.460 e. The van der Waals surface area contributed by atoms with Crippen LogP contribution in [-0.2, 0) is 16.0 Å². The highest BCUT2D eigenvalue weighted by atomic mass is 16.5. The number of ether oxygens (including phenoxy) is 1. The number of carbonyl (C=O) groups excluding carboxylic acids is 3. The van der Waals surface area contributed by atoms with E-state index in [0.29, 0.717) is 24.1 Å². The van der Waals surface area contributed by atoms with Crippen molar-refractivity contribution in [2.24, 2.45) is 16.9 Å². The van der Waals surface area contributed by atoms with Crippen molar-refractivity contribution in [2.75, 3.05) is 5.32 Å². The van der Waals surface area contributed by atoms with Crippen molar-refractivity contribution in [1.82, 2.24) is 19.7 Å². The van der Waals surface area contributed by atoms with Crippen LogP contribution < -0.4 is 16.8 Å². The van der Waals surface area contributed by atoms with Crippen LogP contribution in [0.5, 0.6) is 0 Å². The summed E-state index contributed by atoms with van der Waals surface area (Å²) in [7, 11) is 0. The van der Waals surface area contributed by atoms with E-state index in [1.165, 1.54) is 6.20 Å². The Bertz CT molecular complexity index is 1120. The molecule has 1 atom stereocenters. The molecular formula is C22H29N7O4. The Hall–Kier alpha value is -3.34. The Morgan fingerprint density at radius 3 is 2.64 bits per heavy atom. The standard InChI is InChI=1S/C22H29N7O4/c1-11-16-13(8-22(2,3)9-14(16)30)29(28-11)15-10-25-17(19(24)31)20(26-15)27-18(23)21(32)33-12-6-4-5-7-12/h10,12,18H,4-9,23H2,1-3H3,(H2,24,31)(H,26,27). The van der Waals surface area contributed by atoms with E-state index >= 15 is 0 Å². The molecule has 33 heavy (non-hydrogen) atoms. The number of Topliss-reactive ketones (excluding diaryl/α,β-unsaturated/α-hetero) is 1. The maximum absolute atomic E-state index is 12.7. The van der Waals surface area contributed by atoms with E-state index < -0.39 is 18.0 Å². The topological polar surface area (TPSA) is 168 Å². The molecule has 1 unspecified atom stereocenters. The number of nitrogens with one attached hydrogen (secondary N) is 1. The van der Waals surface area contributed by atoms with Crippen molar-refractivity contribution in [2.45, 2.75) is 71.6 Å². The predicted molar refractivity (Wildman–Crippen MR) is 119 cm³/mol. The second kappa shape index (κ2) is 8.54. The third kappa shape index (κ3) is 4.58. The van der Waals surface area contributed by atoms with E-state index in [1.54, 1.807) is 11.6 Å². The minimum Gasteiger partial charge on any atom is -0.460 e. The Morgan fingerprint density at radius 2 is 1.97 bits per heavy atom. The number of fused-ring (bicyclic) bond motifs is 1. The summed E-state index contributed by atoms with van der Waals surface area (Å²) >= 11 is 0. The molecule has 0 spiro atoms. The van der Waals surface area contributed by atoms with E-state index in [2.05, 4.69) is 20.4 Å². The van der Waals surface area contributed by atoms with Crippen LogP contribution in [0, 0.1) is 12.3 Å². The SMILES string of the molecule is Cc1nn(-c2cnc(C(N)=O)c(NC(N)C(=O)OC3CCCC3)n2)c2c1C(=O)CC(C)(C)C2. The molecule has 5 N–H and O–H groups in total. The molecule has 0 aliphatic heterocycles. The second-order valence-electron chi connectivity index (χ2n) is 9.51. The number of amides is 1. The molecule has 1 fully saturated rings. The fourth-order valence-corrected chi connectivity index (χ4v) is 4.54. The van der Waals surface area contributed by atoms with Crippen molar-refractivity contribution >= 4 is 23.5 Å². The van der Waals surface area contributed by atoms with Crippen molar-refractivity contribution in [3.8, 4) is 5.82 Å². The third-order valence-corrected chi connectivity index (χ3v) is 6.06. The lowest BCUT2D eigenvalue weighted by Crippen LogP contribution is -2.42. The fraction of sp³-hybridized carbons (Fsp3) is 0.545. The number of hydrogen-bond donors (Lipinski definition) is 3. The molecule has 4 rings (SSSR count). The lowest BCUT2D eigenvalue weighted by molar-refractivity contribution is -0.149. The van der Waals surface area contributed by atoms with Gasteiger partial charge in [-0.3, -0.25) is 9.59 Å². The molecule has 2 aliphatic carbocycles. The molecule has 2 aliphatic rings. The molecule has 2 aromatic heterocycles. The highest BCUT2D eigenvalue weighted by Gasteiger charge is 2.36. The van der Waals surface area contributed by atoms with Gasteiger partial charge < -0.3 is 21.5 Å². The number of carbonyl (C=O) groups is 3. The molecule has 2 aromatic rings. The Labute approximate surface area is 191 Å². The van der Waals surface area contributed by atoms with Gasteiger partial charge in [-0.25, -0.2) is 19.4 Å². The van der Waals surface area contributed by atoms with Gasteiger partial charge in [0.1, 0.15) is 6.10 Å². The summed E-state index contributed by atoms with van der Waals surface area (Å²) in [4.78, 5) is 45.6. The number of ketones is 1. The first-order valence-corrected chi connectivity index (χ1v) is 11.1. The molecule has 2 heterocycles. The summed E-state index contributed by atoms with van der Waals surface area (Å²) in [5.74, 6) is -1.23. The monoisotopic (exact) mass is 455 g/mol. The molecule has 0 bridgehead atoms. The maximum atomic E-state index is 12.7. The summed E-state index contributed by atoms with van der Waals surface area (Å²) in [5.41, 5.74) is 12.9. The summed E-state index contributed by atoms with van der Waals surface area (Å²) in [6, 6.07) is 0. The summed E-state index contributed by atoms with van der Waals surface area (Å²) in [6.45, 7) is 5.81.